The van der Waals surface area contributed by atoms with Gasteiger partial charge in [0, 0.05) is 5.54 Å². The summed E-state index contributed by atoms with van der Waals surface area (Å²) >= 11 is 0. The molecule has 0 aromatic heterocycles. The second-order valence-corrected chi connectivity index (χ2v) is 3.21. The molecule has 2 heteroatoms. The molecule has 0 unspecified atom stereocenters. The summed E-state index contributed by atoms with van der Waals surface area (Å²) in [5.74, 6) is 0. The Bertz CT molecular complexity index is 73.0. The van der Waals surface area contributed by atoms with E-state index in [4.69, 9.17) is 5.73 Å². The van der Waals surface area contributed by atoms with Gasteiger partial charge in [-0.05, 0) is 19.8 Å². The summed E-state index contributed by atoms with van der Waals surface area (Å²) in [6.45, 7) is 2.16. The van der Waals surface area contributed by atoms with Gasteiger partial charge in [0.25, 0.3) is 0 Å². The molecule has 0 aromatic rings. The highest BCUT2D eigenvalue weighted by atomic mass is 16.0. The first-order valence-corrected chi connectivity index (χ1v) is 3.50. The number of rotatable bonds is 0. The molecular weight excluding hydrogens is 114 g/mol. The molecule has 2 nitrogen and oxygen atoms in total. The van der Waals surface area contributed by atoms with Gasteiger partial charge in [-0.1, -0.05) is 19.3 Å². The zero-order chi connectivity index (χ0) is 6.04. The Kier molecular flexibility index (Phi) is 3.15. The van der Waals surface area contributed by atoms with Crippen LogP contribution in [0.1, 0.15) is 39.0 Å². The first kappa shape index (κ1) is 8.92. The van der Waals surface area contributed by atoms with Crippen molar-refractivity contribution in [2.75, 3.05) is 0 Å². The predicted molar refractivity (Wildman–Crippen MR) is 39.3 cm³/mol. The third kappa shape index (κ3) is 2.82. The zero-order valence-corrected chi connectivity index (χ0v) is 6.11. The van der Waals surface area contributed by atoms with Gasteiger partial charge in [0.15, 0.2) is 0 Å². The molecule has 0 bridgehead atoms. The molecule has 0 aliphatic heterocycles. The van der Waals surface area contributed by atoms with Gasteiger partial charge < -0.3 is 11.2 Å². The van der Waals surface area contributed by atoms with Crippen molar-refractivity contribution in [2.24, 2.45) is 5.73 Å². The summed E-state index contributed by atoms with van der Waals surface area (Å²) in [5, 5.41) is 0. The molecule has 56 valence electrons. The Morgan fingerprint density at radius 1 is 1.11 bits per heavy atom. The molecule has 4 N–H and O–H groups in total. The molecule has 0 spiro atoms. The fourth-order valence-corrected chi connectivity index (χ4v) is 1.36. The van der Waals surface area contributed by atoms with Crippen molar-refractivity contribution in [3.63, 3.8) is 0 Å². The largest absolute Gasteiger partial charge is 0.412 e. The molecule has 0 amide bonds. The van der Waals surface area contributed by atoms with Gasteiger partial charge >= 0.3 is 0 Å². The highest BCUT2D eigenvalue weighted by Crippen LogP contribution is 2.24. The first-order valence-electron chi connectivity index (χ1n) is 3.50. The van der Waals surface area contributed by atoms with E-state index in [1.54, 1.807) is 0 Å². The summed E-state index contributed by atoms with van der Waals surface area (Å²) in [7, 11) is 0. The summed E-state index contributed by atoms with van der Waals surface area (Å²) in [6, 6.07) is 0. The van der Waals surface area contributed by atoms with Crippen LogP contribution in [0.3, 0.4) is 0 Å². The molecule has 1 rings (SSSR count). The van der Waals surface area contributed by atoms with Gasteiger partial charge in [0.1, 0.15) is 0 Å². The van der Waals surface area contributed by atoms with Crippen molar-refractivity contribution >= 4 is 0 Å². The quantitative estimate of drug-likeness (QED) is 0.520. The first-order chi connectivity index (χ1) is 3.71. The van der Waals surface area contributed by atoms with Crippen molar-refractivity contribution in [3.05, 3.63) is 0 Å². The van der Waals surface area contributed by atoms with Crippen molar-refractivity contribution in [3.8, 4) is 0 Å². The molecule has 9 heavy (non-hydrogen) atoms. The Morgan fingerprint density at radius 2 is 1.56 bits per heavy atom. The second-order valence-electron chi connectivity index (χ2n) is 3.21. The molecule has 0 heterocycles. The lowest BCUT2D eigenvalue weighted by Crippen LogP contribution is -2.37. The van der Waals surface area contributed by atoms with Crippen molar-refractivity contribution < 1.29 is 5.48 Å². The van der Waals surface area contributed by atoms with E-state index in [1.165, 1.54) is 32.1 Å². The van der Waals surface area contributed by atoms with Crippen LogP contribution in [0, 0.1) is 0 Å². The lowest BCUT2D eigenvalue weighted by atomic mass is 9.84. The van der Waals surface area contributed by atoms with E-state index < -0.39 is 0 Å². The van der Waals surface area contributed by atoms with E-state index in [-0.39, 0.29) is 11.0 Å². The van der Waals surface area contributed by atoms with Crippen molar-refractivity contribution in [2.45, 2.75) is 44.6 Å². The Balaban J connectivity index is 0.000000640. The van der Waals surface area contributed by atoms with Crippen LogP contribution in [0.5, 0.6) is 0 Å². The molecule has 0 aromatic carbocycles. The maximum atomic E-state index is 5.88. The monoisotopic (exact) mass is 131 g/mol. The molecule has 1 fully saturated rings. The fourth-order valence-electron chi connectivity index (χ4n) is 1.36. The average Bonchev–Trinajstić information content (AvgIpc) is 1.65. The Labute approximate surface area is 56.7 Å². The molecule has 0 saturated heterocycles. The Hall–Kier alpha value is -0.0800. The third-order valence-electron chi connectivity index (χ3n) is 2.00. The van der Waals surface area contributed by atoms with Crippen LogP contribution in [0.15, 0.2) is 0 Å². The van der Waals surface area contributed by atoms with E-state index in [1.807, 2.05) is 0 Å². The van der Waals surface area contributed by atoms with Crippen LogP contribution in [-0.2, 0) is 0 Å². The zero-order valence-electron chi connectivity index (χ0n) is 6.11. The SMILES string of the molecule is CC1(N)CCCCC1.O. The molecule has 0 radical (unpaired) electrons. The van der Waals surface area contributed by atoms with Crippen LogP contribution in [0.25, 0.3) is 0 Å². The number of nitrogens with two attached hydrogens (primary N) is 1. The minimum Gasteiger partial charge on any atom is -0.412 e. The summed E-state index contributed by atoms with van der Waals surface area (Å²) in [4.78, 5) is 0. The van der Waals surface area contributed by atoms with Crippen molar-refractivity contribution in [1.82, 2.24) is 0 Å². The minimum atomic E-state index is 0. The topological polar surface area (TPSA) is 57.5 Å². The maximum Gasteiger partial charge on any atom is 0.0125 e. The van der Waals surface area contributed by atoms with Crippen LogP contribution < -0.4 is 5.73 Å². The van der Waals surface area contributed by atoms with Crippen LogP contribution >= 0.6 is 0 Å². The minimum absolute atomic E-state index is 0. The van der Waals surface area contributed by atoms with Gasteiger partial charge in [-0.15, -0.1) is 0 Å². The van der Waals surface area contributed by atoms with Crippen LogP contribution in [-0.4, -0.2) is 11.0 Å². The number of hydrogen-bond donors (Lipinski definition) is 1. The van der Waals surface area contributed by atoms with E-state index in [2.05, 4.69) is 6.92 Å². The lowest BCUT2D eigenvalue weighted by Gasteiger charge is -2.28. The Morgan fingerprint density at radius 3 is 1.78 bits per heavy atom. The second kappa shape index (κ2) is 3.18. The molecule has 1 saturated carbocycles. The van der Waals surface area contributed by atoms with E-state index in [0.717, 1.165) is 0 Å². The smallest absolute Gasteiger partial charge is 0.0125 e. The van der Waals surface area contributed by atoms with Crippen LogP contribution in [0.2, 0.25) is 0 Å². The normalized spacial score (nSPS) is 24.7. The standard InChI is InChI=1S/C7H15N.H2O/c1-7(8)5-3-2-4-6-7;/h2-6,8H2,1H3;1H2. The predicted octanol–water partition coefficient (Wildman–Crippen LogP) is 0.843. The highest BCUT2D eigenvalue weighted by Gasteiger charge is 2.20. The lowest BCUT2D eigenvalue weighted by molar-refractivity contribution is 0.322. The summed E-state index contributed by atoms with van der Waals surface area (Å²) < 4.78 is 0. The average molecular weight is 131 g/mol. The van der Waals surface area contributed by atoms with Gasteiger partial charge in [0.2, 0.25) is 0 Å². The third-order valence-corrected chi connectivity index (χ3v) is 2.00. The number of hydrogen-bond acceptors (Lipinski definition) is 1. The van der Waals surface area contributed by atoms with Crippen molar-refractivity contribution in [1.29, 1.82) is 0 Å². The van der Waals surface area contributed by atoms with Gasteiger partial charge in [-0.3, -0.25) is 0 Å². The molecular formula is C7H17NO. The maximum absolute atomic E-state index is 5.88. The molecule has 1 aliphatic rings. The fraction of sp³-hybridized carbons (Fsp3) is 1.00. The molecule has 0 atom stereocenters. The summed E-state index contributed by atoms with van der Waals surface area (Å²) in [5.41, 5.74) is 6.06. The van der Waals surface area contributed by atoms with E-state index >= 15 is 0 Å². The highest BCUT2D eigenvalue weighted by molar-refractivity contribution is 4.81. The van der Waals surface area contributed by atoms with Gasteiger partial charge in [-0.2, -0.15) is 0 Å². The van der Waals surface area contributed by atoms with E-state index in [9.17, 15) is 0 Å². The van der Waals surface area contributed by atoms with Gasteiger partial charge in [-0.25, -0.2) is 0 Å². The van der Waals surface area contributed by atoms with E-state index in [0.29, 0.717) is 0 Å². The summed E-state index contributed by atoms with van der Waals surface area (Å²) in [6.07, 6.45) is 6.53. The van der Waals surface area contributed by atoms with Crippen LogP contribution in [0.4, 0.5) is 0 Å². The van der Waals surface area contributed by atoms with Gasteiger partial charge in [0.05, 0.1) is 0 Å². The molecule has 1 aliphatic carbocycles.